The number of methoxy groups -OCH3 is 1. The largest absolute Gasteiger partial charge is 0.494 e. The molecule has 14 heteroatoms. The van der Waals surface area contributed by atoms with E-state index in [1.807, 2.05) is 12.3 Å². The molecule has 240 valence electrons. The van der Waals surface area contributed by atoms with Crippen LogP contribution in [0.5, 0.6) is 5.75 Å². The maximum absolute atomic E-state index is 13.3. The van der Waals surface area contributed by atoms with Gasteiger partial charge in [0.25, 0.3) is 0 Å². The number of hydrogen-bond acceptors (Lipinski definition) is 11. The highest BCUT2D eigenvalue weighted by Crippen LogP contribution is 2.41. The van der Waals surface area contributed by atoms with Crippen LogP contribution in [-0.4, -0.2) is 107 Å². The van der Waals surface area contributed by atoms with Gasteiger partial charge in [-0.2, -0.15) is 4.98 Å². The number of nitrogens with zero attached hydrogens (tertiary/aromatic N) is 8. The Hall–Kier alpha value is -3.25. The van der Waals surface area contributed by atoms with Crippen molar-refractivity contribution in [2.45, 2.75) is 32.2 Å². The van der Waals surface area contributed by atoms with Gasteiger partial charge in [0.1, 0.15) is 25.0 Å². The summed E-state index contributed by atoms with van der Waals surface area (Å²) >= 11 is 3.57. The van der Waals surface area contributed by atoms with Crippen LogP contribution in [-0.2, 0) is 11.0 Å². The smallest absolute Gasteiger partial charge is 0.229 e. The number of pyridine rings is 1. The third-order valence-corrected chi connectivity index (χ3v) is 11.0. The van der Waals surface area contributed by atoms with Gasteiger partial charge in [0.05, 0.1) is 28.3 Å². The average molecular weight is 698 g/mol. The maximum atomic E-state index is 13.3. The number of anilines is 5. The van der Waals surface area contributed by atoms with E-state index in [4.69, 9.17) is 9.72 Å². The molecular formula is C31H42BrN10O2P. The first kappa shape index (κ1) is 31.7. The summed E-state index contributed by atoms with van der Waals surface area (Å²) in [6.45, 7) is 12.4. The van der Waals surface area contributed by atoms with Gasteiger partial charge in [-0.1, -0.05) is 6.92 Å². The van der Waals surface area contributed by atoms with Crippen molar-refractivity contribution < 1.29 is 9.30 Å². The van der Waals surface area contributed by atoms with E-state index in [2.05, 4.69) is 82.5 Å². The topological polar surface area (TPSA) is 116 Å². The number of halogens is 1. The van der Waals surface area contributed by atoms with Crippen LogP contribution in [0.4, 0.5) is 28.8 Å². The van der Waals surface area contributed by atoms with Crippen LogP contribution in [0.2, 0.25) is 0 Å². The first-order chi connectivity index (χ1) is 21.6. The van der Waals surface area contributed by atoms with E-state index >= 15 is 0 Å². The zero-order valence-electron chi connectivity index (χ0n) is 26.6. The number of aryl methyl sites for hydroxylation is 1. The molecule has 2 fully saturated rings. The maximum Gasteiger partial charge on any atom is 0.229 e. The number of fused-ring (bicyclic) bond motifs is 1. The Bertz CT molecular complexity index is 1710. The Morgan fingerprint density at radius 1 is 1.07 bits per heavy atom. The van der Waals surface area contributed by atoms with Crippen LogP contribution in [0.1, 0.15) is 25.3 Å². The molecule has 0 amide bonds. The number of piperazine rings is 1. The van der Waals surface area contributed by atoms with Crippen LogP contribution in [0, 0.1) is 0 Å². The SMILES string of the molecule is CCc1cc(Nc2ncc(Br)c(Nc3ccn4cnnc4c3P(C)(C)=O)n2)c(OC)cc1N1CCC(N2CCN(C)CC2)CC1. The number of nitrogens with one attached hydrogen (secondary N) is 2. The molecular weight excluding hydrogens is 655 g/mol. The van der Waals surface area contributed by atoms with Crippen LogP contribution < -0.4 is 25.6 Å². The normalized spacial score (nSPS) is 17.2. The highest BCUT2D eigenvalue weighted by molar-refractivity contribution is 9.10. The molecule has 0 atom stereocenters. The second-order valence-electron chi connectivity index (χ2n) is 12.2. The highest BCUT2D eigenvalue weighted by Gasteiger charge is 2.28. The average Bonchev–Trinajstić information content (AvgIpc) is 3.51. The zero-order chi connectivity index (χ0) is 31.7. The van der Waals surface area contributed by atoms with E-state index in [-0.39, 0.29) is 0 Å². The molecule has 6 rings (SSSR count). The summed E-state index contributed by atoms with van der Waals surface area (Å²) in [7, 11) is 1.19. The number of piperidine rings is 1. The van der Waals surface area contributed by atoms with Crippen LogP contribution in [0.25, 0.3) is 5.65 Å². The summed E-state index contributed by atoms with van der Waals surface area (Å²) in [6.07, 6.45) is 8.36. The number of ether oxygens (including phenoxy) is 1. The van der Waals surface area contributed by atoms with Gasteiger partial charge >= 0.3 is 0 Å². The van der Waals surface area contributed by atoms with Crippen molar-refractivity contribution in [3.63, 3.8) is 0 Å². The molecule has 2 N–H and O–H groups in total. The fourth-order valence-electron chi connectivity index (χ4n) is 6.39. The van der Waals surface area contributed by atoms with Crippen molar-refractivity contribution in [2.24, 2.45) is 0 Å². The van der Waals surface area contributed by atoms with Crippen LogP contribution >= 0.6 is 23.1 Å². The Balaban J connectivity index is 1.22. The minimum Gasteiger partial charge on any atom is -0.494 e. The molecule has 2 aliphatic heterocycles. The molecule has 0 saturated carbocycles. The third-order valence-electron chi connectivity index (χ3n) is 8.87. The van der Waals surface area contributed by atoms with Crippen molar-refractivity contribution >= 4 is 62.9 Å². The van der Waals surface area contributed by atoms with Crippen LogP contribution in [0.3, 0.4) is 0 Å². The summed E-state index contributed by atoms with van der Waals surface area (Å²) in [4.78, 5) is 16.9. The van der Waals surface area contributed by atoms with Gasteiger partial charge in [0.2, 0.25) is 5.95 Å². The van der Waals surface area contributed by atoms with Crippen molar-refractivity contribution in [1.29, 1.82) is 0 Å². The molecule has 2 saturated heterocycles. The summed E-state index contributed by atoms with van der Waals surface area (Å²) in [5, 5.41) is 15.6. The van der Waals surface area contributed by atoms with Gasteiger partial charge in [-0.15, -0.1) is 10.2 Å². The standard InChI is InChI=1S/C31H42BrN10O2P/c1-6-21-17-25(27(44-3)18-26(21)41-10-7-22(8-11-41)40-15-13-39(2)14-16-40)36-31-33-19-23(32)29(37-31)35-24-9-12-42-20-34-38-30(42)28(24)45(4,5)43/h9,12,17-20,22H,6-8,10-11,13-16H2,1-5H3,(H2,33,35,36,37). The minimum atomic E-state index is -2.72. The van der Waals surface area contributed by atoms with E-state index in [9.17, 15) is 4.57 Å². The van der Waals surface area contributed by atoms with Crippen LogP contribution in [0.15, 0.2) is 41.4 Å². The van der Waals surface area contributed by atoms with Crippen molar-refractivity contribution in [3.8, 4) is 5.75 Å². The first-order valence-electron chi connectivity index (χ1n) is 15.5. The van der Waals surface area contributed by atoms with Gasteiger partial charge < -0.3 is 29.7 Å². The molecule has 4 aromatic rings. The quantitative estimate of drug-likeness (QED) is 0.235. The molecule has 0 aliphatic carbocycles. The van der Waals surface area contributed by atoms with E-state index in [0.717, 1.165) is 44.0 Å². The van der Waals surface area contributed by atoms with Crippen molar-refractivity contribution in [3.05, 3.63) is 47.0 Å². The molecule has 0 unspecified atom stereocenters. The van der Waals surface area contributed by atoms with E-state index in [0.29, 0.717) is 38.9 Å². The molecule has 12 nitrogen and oxygen atoms in total. The van der Waals surface area contributed by atoms with Gasteiger partial charge in [0.15, 0.2) is 5.65 Å². The first-order valence-corrected chi connectivity index (χ1v) is 18.9. The number of hydrogen-bond donors (Lipinski definition) is 2. The Labute approximate surface area is 273 Å². The lowest BCUT2D eigenvalue weighted by atomic mass is 9.99. The van der Waals surface area contributed by atoms with E-state index in [1.165, 1.54) is 37.2 Å². The summed E-state index contributed by atoms with van der Waals surface area (Å²) in [6, 6.07) is 6.82. The molecule has 3 aromatic heterocycles. The van der Waals surface area contributed by atoms with Gasteiger partial charge in [0, 0.05) is 69.5 Å². The van der Waals surface area contributed by atoms with Gasteiger partial charge in [-0.3, -0.25) is 9.30 Å². The molecule has 45 heavy (non-hydrogen) atoms. The fraction of sp³-hybridized carbons (Fsp3) is 0.484. The fourth-order valence-corrected chi connectivity index (χ4v) is 8.03. The summed E-state index contributed by atoms with van der Waals surface area (Å²) in [5.41, 5.74) is 4.49. The molecule has 0 spiro atoms. The predicted molar refractivity (Wildman–Crippen MR) is 185 cm³/mol. The van der Waals surface area contributed by atoms with Gasteiger partial charge in [-0.05, 0) is 73.3 Å². The monoisotopic (exact) mass is 696 g/mol. The highest BCUT2D eigenvalue weighted by atomic mass is 79.9. The zero-order valence-corrected chi connectivity index (χ0v) is 29.1. The van der Waals surface area contributed by atoms with E-state index in [1.54, 1.807) is 37.4 Å². The minimum absolute atomic E-state index is 0.406. The molecule has 0 radical (unpaired) electrons. The van der Waals surface area contributed by atoms with Crippen molar-refractivity contribution in [2.75, 3.05) is 82.3 Å². The number of likely N-dealkylation sites (N-methyl/N-ethyl adjacent to an activating group) is 1. The van der Waals surface area contributed by atoms with Crippen molar-refractivity contribution in [1.82, 2.24) is 34.4 Å². The molecule has 2 aliphatic rings. The molecule has 0 bridgehead atoms. The molecule has 1 aromatic carbocycles. The van der Waals surface area contributed by atoms with Gasteiger partial charge in [-0.25, -0.2) is 4.98 Å². The Morgan fingerprint density at radius 3 is 2.51 bits per heavy atom. The molecule has 5 heterocycles. The number of rotatable bonds is 9. The lowest BCUT2D eigenvalue weighted by molar-refractivity contribution is 0.0982. The summed E-state index contributed by atoms with van der Waals surface area (Å²) in [5.74, 6) is 1.67. The second kappa shape index (κ2) is 13.2. The van der Waals surface area contributed by atoms with E-state index < -0.39 is 7.14 Å². The predicted octanol–water partition coefficient (Wildman–Crippen LogP) is 4.80. The summed E-state index contributed by atoms with van der Waals surface area (Å²) < 4.78 is 21.6. The second-order valence-corrected chi connectivity index (χ2v) is 16.2. The number of benzene rings is 1. The lowest BCUT2D eigenvalue weighted by Gasteiger charge is -2.43. The Morgan fingerprint density at radius 2 is 1.82 bits per heavy atom. The lowest BCUT2D eigenvalue weighted by Crippen LogP contribution is -2.52. The third kappa shape index (κ3) is 6.82. The number of aromatic nitrogens is 5. The Kier molecular flexibility index (Phi) is 9.33.